The summed E-state index contributed by atoms with van der Waals surface area (Å²) >= 11 is 0. The van der Waals surface area contributed by atoms with Gasteiger partial charge in [-0.3, -0.25) is 9.58 Å². The summed E-state index contributed by atoms with van der Waals surface area (Å²) in [6, 6.07) is 13.1. The number of methoxy groups -OCH3 is 1. The Kier molecular flexibility index (Phi) is 8.01. The van der Waals surface area contributed by atoms with E-state index in [4.69, 9.17) is 9.84 Å². The van der Waals surface area contributed by atoms with Gasteiger partial charge in [0.15, 0.2) is 11.6 Å². The lowest BCUT2D eigenvalue weighted by Gasteiger charge is -2.21. The lowest BCUT2D eigenvalue weighted by molar-refractivity contribution is 0.159. The Morgan fingerprint density at radius 1 is 1.14 bits per heavy atom. The largest absolute Gasteiger partial charge is 0.383 e. The third-order valence-electron chi connectivity index (χ3n) is 6.62. The van der Waals surface area contributed by atoms with Crippen LogP contribution in [0.15, 0.2) is 48.5 Å². The van der Waals surface area contributed by atoms with E-state index in [0.29, 0.717) is 43.2 Å². The van der Waals surface area contributed by atoms with E-state index < -0.39 is 11.6 Å². The fourth-order valence-corrected chi connectivity index (χ4v) is 4.80. The van der Waals surface area contributed by atoms with E-state index in [1.165, 1.54) is 6.07 Å². The van der Waals surface area contributed by atoms with Crippen molar-refractivity contribution in [2.45, 2.75) is 38.8 Å². The van der Waals surface area contributed by atoms with Gasteiger partial charge in [0.1, 0.15) is 5.69 Å². The van der Waals surface area contributed by atoms with Crippen molar-refractivity contribution in [2.75, 3.05) is 38.7 Å². The highest BCUT2D eigenvalue weighted by Crippen LogP contribution is 2.32. The van der Waals surface area contributed by atoms with Crippen LogP contribution in [0, 0.1) is 18.6 Å². The number of anilines is 1. The Labute approximate surface area is 210 Å². The van der Waals surface area contributed by atoms with Crippen LogP contribution in [-0.4, -0.2) is 60.1 Å². The van der Waals surface area contributed by atoms with Crippen molar-refractivity contribution in [3.05, 3.63) is 71.4 Å². The normalized spacial score (nSPS) is 18.1. The summed E-state index contributed by atoms with van der Waals surface area (Å²) in [7, 11) is 1.63. The van der Waals surface area contributed by atoms with E-state index in [2.05, 4.69) is 15.5 Å². The molecule has 2 atom stereocenters. The molecule has 0 bridgehead atoms. The molecule has 7 nitrogen and oxygen atoms in total. The zero-order valence-corrected chi connectivity index (χ0v) is 21.1. The summed E-state index contributed by atoms with van der Waals surface area (Å²) in [4.78, 5) is 15.4. The number of halogens is 2. The van der Waals surface area contributed by atoms with Gasteiger partial charge in [-0.2, -0.15) is 5.10 Å². The Bertz CT molecular complexity index is 1200. The van der Waals surface area contributed by atoms with Crippen LogP contribution >= 0.6 is 0 Å². The van der Waals surface area contributed by atoms with Crippen LogP contribution in [0.1, 0.15) is 37.1 Å². The Morgan fingerprint density at radius 2 is 1.89 bits per heavy atom. The van der Waals surface area contributed by atoms with Crippen molar-refractivity contribution in [3.8, 4) is 11.3 Å². The van der Waals surface area contributed by atoms with Crippen molar-refractivity contribution >= 4 is 11.7 Å². The van der Waals surface area contributed by atoms with Gasteiger partial charge >= 0.3 is 6.03 Å². The standard InChI is InChI=1S/C27H33F2N5O2/c1-17(2)34-18(3)25(26(32-34)19-8-6-5-7-9-19)31-27(35)30-24-16-33(12-13-36-4)15-21(24)20-10-11-22(28)23(29)14-20/h5-11,14,17,21,24H,12-13,15-16H2,1-4H3,(H2,30,31,35). The molecule has 4 rings (SSSR count). The number of aromatic nitrogens is 2. The molecular formula is C27H33F2N5O2. The number of amides is 2. The van der Waals surface area contributed by atoms with Gasteiger partial charge in [-0.15, -0.1) is 0 Å². The quantitative estimate of drug-likeness (QED) is 0.462. The molecule has 2 unspecified atom stereocenters. The lowest BCUT2D eigenvalue weighted by atomic mass is 9.94. The smallest absolute Gasteiger partial charge is 0.319 e. The fraction of sp³-hybridized carbons (Fsp3) is 0.407. The first-order valence-corrected chi connectivity index (χ1v) is 12.2. The van der Waals surface area contributed by atoms with Gasteiger partial charge in [0.05, 0.1) is 24.0 Å². The van der Waals surface area contributed by atoms with Gasteiger partial charge in [0.25, 0.3) is 0 Å². The first kappa shape index (κ1) is 25.8. The van der Waals surface area contributed by atoms with E-state index in [0.717, 1.165) is 17.3 Å². The first-order valence-electron chi connectivity index (χ1n) is 12.2. The zero-order valence-electron chi connectivity index (χ0n) is 21.1. The molecule has 0 radical (unpaired) electrons. The highest BCUT2D eigenvalue weighted by atomic mass is 19.2. The molecule has 1 aliphatic heterocycles. The van der Waals surface area contributed by atoms with Crippen LogP contribution in [-0.2, 0) is 4.74 Å². The molecule has 2 amide bonds. The van der Waals surface area contributed by atoms with Crippen LogP contribution in [0.3, 0.4) is 0 Å². The molecule has 0 aliphatic carbocycles. The van der Waals surface area contributed by atoms with Crippen molar-refractivity contribution in [3.63, 3.8) is 0 Å². The molecule has 2 N–H and O–H groups in total. The maximum atomic E-state index is 14.0. The number of carbonyl (C=O) groups excluding carboxylic acids is 1. The highest BCUT2D eigenvalue weighted by molar-refractivity contribution is 5.94. The Morgan fingerprint density at radius 3 is 2.56 bits per heavy atom. The molecule has 0 spiro atoms. The van der Waals surface area contributed by atoms with Crippen LogP contribution in [0.2, 0.25) is 0 Å². The van der Waals surface area contributed by atoms with Crippen molar-refractivity contribution in [1.29, 1.82) is 0 Å². The van der Waals surface area contributed by atoms with E-state index in [9.17, 15) is 13.6 Å². The predicted octanol–water partition coefficient (Wildman–Crippen LogP) is 4.95. The molecule has 2 aromatic carbocycles. The van der Waals surface area contributed by atoms with Crippen molar-refractivity contribution < 1.29 is 18.3 Å². The molecule has 3 aromatic rings. The molecule has 1 aromatic heterocycles. The molecule has 9 heteroatoms. The van der Waals surface area contributed by atoms with Crippen LogP contribution in [0.4, 0.5) is 19.3 Å². The van der Waals surface area contributed by atoms with E-state index >= 15 is 0 Å². The van der Waals surface area contributed by atoms with Gasteiger partial charge in [-0.05, 0) is 38.5 Å². The number of likely N-dealkylation sites (tertiary alicyclic amines) is 1. The second-order valence-corrected chi connectivity index (χ2v) is 9.45. The minimum Gasteiger partial charge on any atom is -0.383 e. The number of carbonyl (C=O) groups is 1. The maximum absolute atomic E-state index is 14.0. The fourth-order valence-electron chi connectivity index (χ4n) is 4.80. The number of benzene rings is 2. The van der Waals surface area contributed by atoms with Crippen molar-refractivity contribution in [2.24, 2.45) is 0 Å². The lowest BCUT2D eigenvalue weighted by Crippen LogP contribution is -2.42. The van der Waals surface area contributed by atoms with E-state index in [-0.39, 0.29) is 24.0 Å². The van der Waals surface area contributed by atoms with E-state index in [1.54, 1.807) is 13.2 Å². The summed E-state index contributed by atoms with van der Waals surface area (Å²) in [5.74, 6) is -1.98. The number of nitrogens with zero attached hydrogens (tertiary/aromatic N) is 3. The van der Waals surface area contributed by atoms with Gasteiger partial charge in [0.2, 0.25) is 0 Å². The molecule has 1 fully saturated rings. The first-order chi connectivity index (χ1) is 17.3. The molecule has 1 aliphatic rings. The Balaban J connectivity index is 1.57. The van der Waals surface area contributed by atoms with Crippen LogP contribution in [0.25, 0.3) is 11.3 Å². The average Bonchev–Trinajstić information content (AvgIpc) is 3.41. The van der Waals surface area contributed by atoms with Gasteiger partial charge in [-0.1, -0.05) is 36.4 Å². The SMILES string of the molecule is COCCN1CC(NC(=O)Nc2c(-c3ccccc3)nn(C(C)C)c2C)C(c2ccc(F)c(F)c2)C1. The van der Waals surface area contributed by atoms with Crippen LogP contribution < -0.4 is 10.6 Å². The van der Waals surface area contributed by atoms with E-state index in [1.807, 2.05) is 55.8 Å². The van der Waals surface area contributed by atoms with Gasteiger partial charge in [0, 0.05) is 44.3 Å². The minimum absolute atomic E-state index is 0.119. The molecular weight excluding hydrogens is 464 g/mol. The molecule has 1 saturated heterocycles. The van der Waals surface area contributed by atoms with Gasteiger partial charge < -0.3 is 15.4 Å². The number of urea groups is 1. The monoisotopic (exact) mass is 497 g/mol. The van der Waals surface area contributed by atoms with Crippen LogP contribution in [0.5, 0.6) is 0 Å². The minimum atomic E-state index is -0.893. The summed E-state index contributed by atoms with van der Waals surface area (Å²) in [6.45, 7) is 8.39. The Hall–Kier alpha value is -3.30. The number of hydrogen-bond donors (Lipinski definition) is 2. The number of nitrogens with one attached hydrogen (secondary N) is 2. The number of rotatable bonds is 8. The molecule has 2 heterocycles. The highest BCUT2D eigenvalue weighted by Gasteiger charge is 2.35. The number of hydrogen-bond acceptors (Lipinski definition) is 4. The summed E-state index contributed by atoms with van der Waals surface area (Å²) < 4.78 is 34.7. The third-order valence-corrected chi connectivity index (χ3v) is 6.62. The summed E-state index contributed by atoms with van der Waals surface area (Å²) in [5.41, 5.74) is 3.74. The second kappa shape index (κ2) is 11.2. The maximum Gasteiger partial charge on any atom is 0.319 e. The second-order valence-electron chi connectivity index (χ2n) is 9.45. The predicted molar refractivity (Wildman–Crippen MR) is 136 cm³/mol. The third kappa shape index (κ3) is 5.57. The molecule has 36 heavy (non-hydrogen) atoms. The van der Waals surface area contributed by atoms with Crippen molar-refractivity contribution in [1.82, 2.24) is 20.0 Å². The number of ether oxygens (including phenoxy) is 1. The molecule has 192 valence electrons. The zero-order chi connectivity index (χ0) is 25.8. The summed E-state index contributed by atoms with van der Waals surface area (Å²) in [5, 5.41) is 10.9. The summed E-state index contributed by atoms with van der Waals surface area (Å²) in [6.07, 6.45) is 0. The topological polar surface area (TPSA) is 71.4 Å². The van der Waals surface area contributed by atoms with Gasteiger partial charge in [-0.25, -0.2) is 13.6 Å². The molecule has 0 saturated carbocycles. The average molecular weight is 498 g/mol.